The minimum atomic E-state index is -1.14. The molecule has 1 atom stereocenters. The van der Waals surface area contributed by atoms with Crippen molar-refractivity contribution in [3.8, 4) is 0 Å². The summed E-state index contributed by atoms with van der Waals surface area (Å²) in [5, 5.41) is 0. The number of fused-ring (bicyclic) bond motifs is 2. The van der Waals surface area contributed by atoms with Gasteiger partial charge in [-0.25, -0.2) is 0 Å². The molecule has 2 aliphatic heterocycles. The van der Waals surface area contributed by atoms with Crippen LogP contribution in [-0.2, 0) is 24.8 Å². The third-order valence-corrected chi connectivity index (χ3v) is 6.96. The van der Waals surface area contributed by atoms with Gasteiger partial charge in [0, 0.05) is 40.5 Å². The van der Waals surface area contributed by atoms with E-state index in [0.29, 0.717) is 38.0 Å². The zero-order valence-electron chi connectivity index (χ0n) is 15.0. The zero-order valence-corrected chi connectivity index (χ0v) is 15.8. The summed E-state index contributed by atoms with van der Waals surface area (Å²) in [5.41, 5.74) is 2.09. The molecule has 2 heterocycles. The first-order valence-corrected chi connectivity index (χ1v) is 10.1. The largest absolute Gasteiger partial charge is 0.343 e. The Bertz CT molecular complexity index is 778. The van der Waals surface area contributed by atoms with Crippen LogP contribution in [0.15, 0.2) is 17.0 Å². The summed E-state index contributed by atoms with van der Waals surface area (Å²) in [6.45, 7) is 5.00. The molecule has 1 saturated heterocycles. The number of Topliss-reactive ketones (excluding diaryl/α,β-unsaturated/α-hetero) is 3. The Morgan fingerprint density at radius 3 is 2.46 bits per heavy atom. The maximum atomic E-state index is 13.1. The van der Waals surface area contributed by atoms with Gasteiger partial charge in [-0.05, 0) is 31.0 Å². The molecule has 2 fully saturated rings. The maximum absolute atomic E-state index is 13.1. The molecule has 1 unspecified atom stereocenters. The molecule has 5 nitrogen and oxygen atoms in total. The first kappa shape index (κ1) is 17.9. The number of hydrogen-bond acceptors (Lipinski definition) is 6. The third-order valence-electron chi connectivity index (χ3n) is 5.65. The number of ether oxygens (including phenoxy) is 2. The molecule has 6 heteroatoms. The molecule has 138 valence electrons. The Kier molecular flexibility index (Phi) is 4.53. The van der Waals surface area contributed by atoms with Gasteiger partial charge in [0.05, 0.1) is 13.2 Å². The summed E-state index contributed by atoms with van der Waals surface area (Å²) < 4.78 is 12.1. The molecular weight excluding hydrogens is 352 g/mol. The van der Waals surface area contributed by atoms with Crippen LogP contribution < -0.4 is 0 Å². The number of thioether (sulfide) groups is 1. The third kappa shape index (κ3) is 2.58. The van der Waals surface area contributed by atoms with Gasteiger partial charge in [-0.3, -0.25) is 14.4 Å². The Morgan fingerprint density at radius 2 is 1.81 bits per heavy atom. The van der Waals surface area contributed by atoms with Crippen LogP contribution in [0, 0.1) is 18.8 Å². The Balaban J connectivity index is 1.80. The molecule has 26 heavy (non-hydrogen) atoms. The van der Waals surface area contributed by atoms with Gasteiger partial charge in [0.2, 0.25) is 0 Å². The van der Waals surface area contributed by atoms with E-state index in [-0.39, 0.29) is 23.3 Å². The van der Waals surface area contributed by atoms with E-state index in [0.717, 1.165) is 21.8 Å². The van der Waals surface area contributed by atoms with E-state index < -0.39 is 11.7 Å². The second kappa shape index (κ2) is 6.59. The summed E-state index contributed by atoms with van der Waals surface area (Å²) in [5.74, 6) is -1.85. The van der Waals surface area contributed by atoms with E-state index in [1.165, 1.54) is 0 Å². The van der Waals surface area contributed by atoms with Crippen LogP contribution in [0.5, 0.6) is 0 Å². The normalized spacial score (nSPS) is 25.5. The van der Waals surface area contributed by atoms with Crippen LogP contribution in [0.2, 0.25) is 0 Å². The monoisotopic (exact) mass is 374 g/mol. The van der Waals surface area contributed by atoms with E-state index in [2.05, 4.69) is 6.92 Å². The molecule has 0 N–H and O–H groups in total. The van der Waals surface area contributed by atoms with Crippen molar-refractivity contribution in [2.45, 2.75) is 43.8 Å². The lowest BCUT2D eigenvalue weighted by Crippen LogP contribution is -2.41. The summed E-state index contributed by atoms with van der Waals surface area (Å²) in [6.07, 6.45) is 1.15. The van der Waals surface area contributed by atoms with Crippen molar-refractivity contribution in [2.24, 2.45) is 11.8 Å². The van der Waals surface area contributed by atoms with Gasteiger partial charge in [-0.1, -0.05) is 6.92 Å². The van der Waals surface area contributed by atoms with Gasteiger partial charge in [0.15, 0.2) is 23.1 Å². The number of benzene rings is 1. The highest BCUT2D eigenvalue weighted by atomic mass is 32.2. The molecule has 1 aliphatic carbocycles. The minimum Gasteiger partial charge on any atom is -0.343 e. The topological polar surface area (TPSA) is 69.7 Å². The summed E-state index contributed by atoms with van der Waals surface area (Å²) in [7, 11) is 0. The van der Waals surface area contributed by atoms with Crippen molar-refractivity contribution < 1.29 is 23.9 Å². The maximum Gasteiger partial charge on any atom is 0.199 e. The fraction of sp³-hybridized carbons (Fsp3) is 0.550. The highest BCUT2D eigenvalue weighted by molar-refractivity contribution is 7.99. The molecule has 0 amide bonds. The Morgan fingerprint density at radius 1 is 1.15 bits per heavy atom. The van der Waals surface area contributed by atoms with Crippen LogP contribution in [-0.4, -0.2) is 36.3 Å². The van der Waals surface area contributed by atoms with Gasteiger partial charge < -0.3 is 9.47 Å². The zero-order chi connectivity index (χ0) is 18.5. The second-order valence-electron chi connectivity index (χ2n) is 7.27. The summed E-state index contributed by atoms with van der Waals surface area (Å²) >= 11 is 1.72. The SMILES string of the molecule is Cc1c(C(=O)C2C(=O)CCCC2=O)ccc2c1C1(OCCO1)C(C)CS2. The van der Waals surface area contributed by atoms with Crippen molar-refractivity contribution >= 4 is 29.1 Å². The predicted octanol–water partition coefficient (Wildman–Crippen LogP) is 3.06. The van der Waals surface area contributed by atoms with E-state index in [9.17, 15) is 14.4 Å². The van der Waals surface area contributed by atoms with Gasteiger partial charge in [0.25, 0.3) is 0 Å². The van der Waals surface area contributed by atoms with Gasteiger partial charge >= 0.3 is 0 Å². The van der Waals surface area contributed by atoms with Crippen molar-refractivity contribution in [1.29, 1.82) is 0 Å². The summed E-state index contributed by atoms with van der Waals surface area (Å²) in [6, 6.07) is 3.65. The van der Waals surface area contributed by atoms with Crippen molar-refractivity contribution in [1.82, 2.24) is 0 Å². The highest BCUT2D eigenvalue weighted by Gasteiger charge is 2.49. The first-order valence-electron chi connectivity index (χ1n) is 9.10. The van der Waals surface area contributed by atoms with E-state index in [1.54, 1.807) is 17.8 Å². The van der Waals surface area contributed by atoms with Crippen molar-refractivity contribution in [2.75, 3.05) is 19.0 Å². The van der Waals surface area contributed by atoms with E-state index >= 15 is 0 Å². The van der Waals surface area contributed by atoms with E-state index in [4.69, 9.17) is 9.47 Å². The Hall–Kier alpha value is -1.50. The number of carbonyl (C=O) groups is 3. The average Bonchev–Trinajstić information content (AvgIpc) is 3.08. The molecule has 1 saturated carbocycles. The number of carbonyl (C=O) groups excluding carboxylic acids is 3. The molecular formula is C20H22O5S. The number of hydrogen-bond donors (Lipinski definition) is 0. The molecule has 1 aromatic carbocycles. The molecule has 0 aromatic heterocycles. The lowest BCUT2D eigenvalue weighted by Gasteiger charge is -2.40. The van der Waals surface area contributed by atoms with E-state index in [1.807, 2.05) is 13.0 Å². The minimum absolute atomic E-state index is 0.143. The van der Waals surface area contributed by atoms with Crippen molar-refractivity contribution in [3.63, 3.8) is 0 Å². The standard InChI is InChI=1S/C20H22O5S/c1-11-10-26-16-7-6-13(12(2)18(16)20(11)24-8-9-25-20)19(23)17-14(21)4-3-5-15(17)22/h6-7,11,17H,3-5,8-10H2,1-2H3. The predicted molar refractivity (Wildman–Crippen MR) is 96.3 cm³/mol. The molecule has 0 bridgehead atoms. The van der Waals surface area contributed by atoms with Gasteiger partial charge in [-0.2, -0.15) is 0 Å². The Labute approximate surface area is 156 Å². The average molecular weight is 374 g/mol. The van der Waals surface area contributed by atoms with Gasteiger partial charge in [0.1, 0.15) is 5.92 Å². The van der Waals surface area contributed by atoms with Crippen LogP contribution in [0.4, 0.5) is 0 Å². The lowest BCUT2D eigenvalue weighted by molar-refractivity contribution is -0.199. The quantitative estimate of drug-likeness (QED) is 0.585. The summed E-state index contributed by atoms with van der Waals surface area (Å²) in [4.78, 5) is 38.6. The van der Waals surface area contributed by atoms with Crippen molar-refractivity contribution in [3.05, 3.63) is 28.8 Å². The van der Waals surface area contributed by atoms with Crippen LogP contribution in [0.25, 0.3) is 0 Å². The molecule has 4 rings (SSSR count). The molecule has 3 aliphatic rings. The number of ketones is 3. The second-order valence-corrected chi connectivity index (χ2v) is 8.33. The highest BCUT2D eigenvalue weighted by Crippen LogP contribution is 2.50. The van der Waals surface area contributed by atoms with Crippen LogP contribution >= 0.6 is 11.8 Å². The van der Waals surface area contributed by atoms with Gasteiger partial charge in [-0.15, -0.1) is 11.8 Å². The molecule has 1 spiro atoms. The fourth-order valence-corrected chi connectivity index (χ4v) is 5.54. The molecule has 1 aromatic rings. The fourth-order valence-electron chi connectivity index (χ4n) is 4.29. The number of rotatable bonds is 2. The lowest BCUT2D eigenvalue weighted by atomic mass is 9.79. The van der Waals surface area contributed by atoms with Crippen LogP contribution in [0.3, 0.4) is 0 Å². The van der Waals surface area contributed by atoms with Crippen LogP contribution in [0.1, 0.15) is 47.7 Å². The first-order chi connectivity index (χ1) is 12.5. The smallest absolute Gasteiger partial charge is 0.199 e. The molecule has 0 radical (unpaired) electrons.